The monoisotopic (exact) mass is 343 g/mol. The zero-order valence-corrected chi connectivity index (χ0v) is 15.3. The first kappa shape index (κ1) is 17.5. The molecular weight excluding hydrogens is 318 g/mol. The van der Waals surface area contributed by atoms with Gasteiger partial charge in [-0.25, -0.2) is 0 Å². The van der Waals surface area contributed by atoms with Crippen molar-refractivity contribution in [1.29, 1.82) is 0 Å². The number of likely N-dealkylation sites (N-methyl/N-ethyl adjacent to an activating group) is 1. The zero-order chi connectivity index (χ0) is 18.1. The van der Waals surface area contributed by atoms with E-state index in [2.05, 4.69) is 11.9 Å². The first-order valence-electron chi connectivity index (χ1n) is 8.64. The molecule has 0 saturated carbocycles. The van der Waals surface area contributed by atoms with Crippen LogP contribution in [0.15, 0.2) is 30.0 Å². The fraction of sp³-hybridized carbons (Fsp3) is 0.474. The molecule has 0 aromatic heterocycles. The summed E-state index contributed by atoms with van der Waals surface area (Å²) in [5, 5.41) is 0. The predicted octanol–water partition coefficient (Wildman–Crippen LogP) is 1.43. The molecule has 1 aromatic carbocycles. The molecule has 2 aliphatic rings. The van der Waals surface area contributed by atoms with Gasteiger partial charge in [-0.3, -0.25) is 14.5 Å². The van der Waals surface area contributed by atoms with Gasteiger partial charge in [-0.15, -0.1) is 0 Å². The molecule has 2 amide bonds. The second-order valence-corrected chi connectivity index (χ2v) is 6.79. The number of carbonyl (C=O) groups excluding carboxylic acids is 2. The van der Waals surface area contributed by atoms with Gasteiger partial charge in [-0.1, -0.05) is 18.2 Å². The standard InChI is InChI=1S/C19H25N3O3/c1-13(2)22-18(23)16(14-7-5-6-8-15(14)25-4)17(19(22)24)21-11-9-20(3)10-12-21/h5-8,13H,9-12H2,1-4H3. The molecule has 3 rings (SSSR count). The molecule has 0 spiro atoms. The third-order valence-corrected chi connectivity index (χ3v) is 4.80. The number of hydrogen-bond donors (Lipinski definition) is 0. The number of methoxy groups -OCH3 is 1. The minimum atomic E-state index is -0.238. The van der Waals surface area contributed by atoms with Crippen molar-refractivity contribution in [3.05, 3.63) is 35.5 Å². The maximum absolute atomic E-state index is 13.1. The van der Waals surface area contributed by atoms with E-state index in [0.29, 0.717) is 22.6 Å². The average molecular weight is 343 g/mol. The molecule has 0 atom stereocenters. The number of ether oxygens (including phenoxy) is 1. The molecule has 0 radical (unpaired) electrons. The minimum Gasteiger partial charge on any atom is -0.496 e. The Kier molecular flexibility index (Phi) is 4.81. The Bertz CT molecular complexity index is 718. The maximum atomic E-state index is 13.1. The Hall–Kier alpha value is -2.34. The number of imide groups is 1. The van der Waals surface area contributed by atoms with Gasteiger partial charge in [0.2, 0.25) is 0 Å². The lowest BCUT2D eigenvalue weighted by atomic mass is 10.0. The first-order valence-corrected chi connectivity index (χ1v) is 8.64. The topological polar surface area (TPSA) is 53.1 Å². The molecule has 6 heteroatoms. The Morgan fingerprint density at radius 3 is 2.24 bits per heavy atom. The Balaban J connectivity index is 2.13. The lowest BCUT2D eigenvalue weighted by Crippen LogP contribution is -2.46. The summed E-state index contributed by atoms with van der Waals surface area (Å²) in [6, 6.07) is 7.20. The van der Waals surface area contributed by atoms with Gasteiger partial charge in [0.05, 0.1) is 12.7 Å². The highest BCUT2D eigenvalue weighted by atomic mass is 16.5. The van der Waals surface area contributed by atoms with Crippen molar-refractivity contribution in [3.8, 4) is 5.75 Å². The van der Waals surface area contributed by atoms with Crippen molar-refractivity contribution in [2.24, 2.45) is 0 Å². The number of carbonyl (C=O) groups is 2. The van der Waals surface area contributed by atoms with Gasteiger partial charge in [0.1, 0.15) is 11.4 Å². The molecule has 1 fully saturated rings. The van der Waals surface area contributed by atoms with Crippen molar-refractivity contribution in [1.82, 2.24) is 14.7 Å². The fourth-order valence-corrected chi connectivity index (χ4v) is 3.42. The van der Waals surface area contributed by atoms with E-state index in [1.807, 2.05) is 43.0 Å². The zero-order valence-electron chi connectivity index (χ0n) is 15.3. The minimum absolute atomic E-state index is 0.185. The van der Waals surface area contributed by atoms with Gasteiger partial charge in [-0.05, 0) is 27.0 Å². The van der Waals surface area contributed by atoms with E-state index in [1.165, 1.54) is 4.90 Å². The number of para-hydroxylation sites is 1. The number of hydrogen-bond acceptors (Lipinski definition) is 5. The maximum Gasteiger partial charge on any atom is 0.278 e. The largest absolute Gasteiger partial charge is 0.496 e. The summed E-state index contributed by atoms with van der Waals surface area (Å²) in [5.74, 6) is 0.166. The van der Waals surface area contributed by atoms with Gasteiger partial charge in [0, 0.05) is 37.8 Å². The molecule has 6 nitrogen and oxygen atoms in total. The van der Waals surface area contributed by atoms with Crippen LogP contribution < -0.4 is 4.74 Å². The number of nitrogens with zero attached hydrogens (tertiary/aromatic N) is 3. The smallest absolute Gasteiger partial charge is 0.278 e. The van der Waals surface area contributed by atoms with Gasteiger partial charge in [0.15, 0.2) is 0 Å². The lowest BCUT2D eigenvalue weighted by Gasteiger charge is -2.34. The molecule has 2 aliphatic heterocycles. The van der Waals surface area contributed by atoms with E-state index in [9.17, 15) is 9.59 Å². The Morgan fingerprint density at radius 1 is 1.00 bits per heavy atom. The molecule has 1 aromatic rings. The van der Waals surface area contributed by atoms with Crippen molar-refractivity contribution in [2.45, 2.75) is 19.9 Å². The second kappa shape index (κ2) is 6.88. The van der Waals surface area contributed by atoms with Crippen LogP contribution in [0.5, 0.6) is 5.75 Å². The molecule has 0 N–H and O–H groups in total. The molecule has 2 heterocycles. The number of piperazine rings is 1. The molecule has 25 heavy (non-hydrogen) atoms. The summed E-state index contributed by atoms with van der Waals surface area (Å²) in [5.41, 5.74) is 1.65. The molecular formula is C19H25N3O3. The Morgan fingerprint density at radius 2 is 1.64 bits per heavy atom. The summed E-state index contributed by atoms with van der Waals surface area (Å²) in [6.07, 6.45) is 0. The van der Waals surface area contributed by atoms with Crippen LogP contribution in [0.2, 0.25) is 0 Å². The highest BCUT2D eigenvalue weighted by molar-refractivity contribution is 6.36. The lowest BCUT2D eigenvalue weighted by molar-refractivity contribution is -0.139. The summed E-state index contributed by atoms with van der Waals surface area (Å²) in [7, 11) is 3.64. The normalized spacial score (nSPS) is 19.4. The van der Waals surface area contributed by atoms with Crippen molar-refractivity contribution < 1.29 is 14.3 Å². The highest BCUT2D eigenvalue weighted by Gasteiger charge is 2.43. The van der Waals surface area contributed by atoms with Crippen LogP contribution in [0.1, 0.15) is 19.4 Å². The van der Waals surface area contributed by atoms with Crippen molar-refractivity contribution >= 4 is 17.4 Å². The average Bonchev–Trinajstić information content (AvgIpc) is 2.86. The Labute approximate surface area is 148 Å². The van der Waals surface area contributed by atoms with Crippen LogP contribution >= 0.6 is 0 Å². The van der Waals surface area contributed by atoms with Crippen molar-refractivity contribution in [2.75, 3.05) is 40.3 Å². The molecule has 0 unspecified atom stereocenters. The predicted molar refractivity (Wildman–Crippen MR) is 96.0 cm³/mol. The van der Waals surface area contributed by atoms with Crippen molar-refractivity contribution in [3.63, 3.8) is 0 Å². The third kappa shape index (κ3) is 3.02. The summed E-state index contributed by atoms with van der Waals surface area (Å²) in [6.45, 7) is 6.92. The molecule has 134 valence electrons. The molecule has 1 saturated heterocycles. The molecule has 0 aliphatic carbocycles. The third-order valence-electron chi connectivity index (χ3n) is 4.80. The first-order chi connectivity index (χ1) is 12.0. The number of rotatable bonds is 4. The van der Waals surface area contributed by atoms with Crippen LogP contribution in [0.3, 0.4) is 0 Å². The van der Waals surface area contributed by atoms with E-state index in [-0.39, 0.29) is 17.9 Å². The van der Waals surface area contributed by atoms with E-state index >= 15 is 0 Å². The van der Waals surface area contributed by atoms with E-state index in [4.69, 9.17) is 4.74 Å². The number of benzene rings is 1. The molecule has 0 bridgehead atoms. The van der Waals surface area contributed by atoms with Crippen LogP contribution in [0.4, 0.5) is 0 Å². The quantitative estimate of drug-likeness (QED) is 0.774. The second-order valence-electron chi connectivity index (χ2n) is 6.79. The summed E-state index contributed by atoms with van der Waals surface area (Å²) < 4.78 is 5.45. The van der Waals surface area contributed by atoms with Gasteiger partial charge >= 0.3 is 0 Å². The van der Waals surface area contributed by atoms with Gasteiger partial charge in [-0.2, -0.15) is 0 Å². The number of amides is 2. The van der Waals surface area contributed by atoms with Crippen LogP contribution in [-0.2, 0) is 9.59 Å². The summed E-state index contributed by atoms with van der Waals surface area (Å²) >= 11 is 0. The van der Waals surface area contributed by atoms with Crippen LogP contribution in [0.25, 0.3) is 5.57 Å². The van der Waals surface area contributed by atoms with Gasteiger partial charge in [0.25, 0.3) is 11.8 Å². The highest BCUT2D eigenvalue weighted by Crippen LogP contribution is 2.37. The van der Waals surface area contributed by atoms with Crippen LogP contribution in [0, 0.1) is 0 Å². The van der Waals surface area contributed by atoms with Crippen LogP contribution in [-0.4, -0.2) is 72.9 Å². The summed E-state index contributed by atoms with van der Waals surface area (Å²) in [4.78, 5) is 31.8. The van der Waals surface area contributed by atoms with E-state index in [0.717, 1.165) is 26.2 Å². The van der Waals surface area contributed by atoms with E-state index in [1.54, 1.807) is 7.11 Å². The van der Waals surface area contributed by atoms with E-state index < -0.39 is 0 Å². The fourth-order valence-electron chi connectivity index (χ4n) is 3.42. The van der Waals surface area contributed by atoms with Gasteiger partial charge < -0.3 is 14.5 Å². The SMILES string of the molecule is COc1ccccc1C1=C(N2CCN(C)CC2)C(=O)N(C(C)C)C1=O.